The molecule has 0 saturated heterocycles. The van der Waals surface area contributed by atoms with E-state index in [-0.39, 0.29) is 18.1 Å². The number of halogens is 1. The van der Waals surface area contributed by atoms with Gasteiger partial charge >= 0.3 is 0 Å². The summed E-state index contributed by atoms with van der Waals surface area (Å²) in [6, 6.07) is 9.67. The molecule has 0 saturated carbocycles. The first-order chi connectivity index (χ1) is 15.0. The number of likely N-dealkylation sites (N-methyl/N-ethyl adjacent to an activating group) is 1. The Morgan fingerprint density at radius 2 is 1.65 bits per heavy atom. The molecule has 0 atom stereocenters. The van der Waals surface area contributed by atoms with Crippen molar-refractivity contribution < 1.29 is 18.7 Å². The van der Waals surface area contributed by atoms with E-state index < -0.39 is 0 Å². The number of amides is 1. The number of methoxy groups -OCH3 is 2. The quantitative estimate of drug-likeness (QED) is 0.464. The van der Waals surface area contributed by atoms with E-state index in [1.54, 1.807) is 31.3 Å². The van der Waals surface area contributed by atoms with Crippen molar-refractivity contribution in [2.24, 2.45) is 0 Å². The van der Waals surface area contributed by atoms with Gasteiger partial charge in [-0.3, -0.25) is 9.69 Å². The summed E-state index contributed by atoms with van der Waals surface area (Å²) >= 11 is 1.40. The third-order valence-electron chi connectivity index (χ3n) is 5.23. The van der Waals surface area contributed by atoms with Gasteiger partial charge in [-0.2, -0.15) is 0 Å². The van der Waals surface area contributed by atoms with E-state index in [1.165, 1.54) is 23.5 Å². The molecule has 0 unspecified atom stereocenters. The van der Waals surface area contributed by atoms with Crippen LogP contribution in [0.4, 0.5) is 9.52 Å². The lowest BCUT2D eigenvalue weighted by Gasteiger charge is -2.24. The highest BCUT2D eigenvalue weighted by atomic mass is 32.1. The van der Waals surface area contributed by atoms with Gasteiger partial charge in [-0.1, -0.05) is 37.3 Å². The van der Waals surface area contributed by atoms with Crippen molar-refractivity contribution in [1.29, 1.82) is 0 Å². The fraction of sp³-hybridized carbons (Fsp3) is 0.391. The maximum absolute atomic E-state index is 13.3. The Bertz CT molecular complexity index is 978. The second-order valence-electron chi connectivity index (χ2n) is 7.02. The van der Waals surface area contributed by atoms with Crippen LogP contribution in [0.25, 0.3) is 10.2 Å². The predicted molar refractivity (Wildman–Crippen MR) is 123 cm³/mol. The van der Waals surface area contributed by atoms with Crippen LogP contribution >= 0.6 is 11.3 Å². The summed E-state index contributed by atoms with van der Waals surface area (Å²) in [6.45, 7) is 7.23. The molecule has 0 fully saturated rings. The minimum Gasteiger partial charge on any atom is -0.495 e. The minimum atomic E-state index is -0.319. The topological polar surface area (TPSA) is 54.9 Å². The average molecular weight is 446 g/mol. The van der Waals surface area contributed by atoms with Gasteiger partial charge in [0.05, 0.1) is 20.6 Å². The summed E-state index contributed by atoms with van der Waals surface area (Å²) in [5.41, 5.74) is 1.43. The maximum Gasteiger partial charge on any atom is 0.233 e. The number of fused-ring (bicyclic) bond motifs is 1. The van der Waals surface area contributed by atoms with Crippen LogP contribution in [0.3, 0.4) is 0 Å². The first-order valence-electron chi connectivity index (χ1n) is 10.3. The molecular weight excluding hydrogens is 417 g/mol. The number of nitrogens with zero attached hydrogens (tertiary/aromatic N) is 3. The zero-order valence-corrected chi connectivity index (χ0v) is 19.2. The number of benzene rings is 2. The largest absolute Gasteiger partial charge is 0.495 e. The van der Waals surface area contributed by atoms with Gasteiger partial charge in [0.25, 0.3) is 0 Å². The summed E-state index contributed by atoms with van der Waals surface area (Å²) in [4.78, 5) is 22.0. The number of rotatable bonds is 10. The number of hydrogen-bond acceptors (Lipinski definition) is 6. The van der Waals surface area contributed by atoms with Crippen LogP contribution in [-0.4, -0.2) is 56.2 Å². The highest BCUT2D eigenvalue weighted by Crippen LogP contribution is 2.40. The summed E-state index contributed by atoms with van der Waals surface area (Å²) in [5.74, 6) is 0.915. The number of thiazole rings is 1. The normalized spacial score (nSPS) is 11.2. The van der Waals surface area contributed by atoms with Crippen LogP contribution in [0.1, 0.15) is 19.4 Å². The number of ether oxygens (including phenoxy) is 2. The Morgan fingerprint density at radius 1 is 1.00 bits per heavy atom. The zero-order chi connectivity index (χ0) is 22.4. The van der Waals surface area contributed by atoms with E-state index in [9.17, 15) is 9.18 Å². The second-order valence-corrected chi connectivity index (χ2v) is 8.00. The smallest absolute Gasteiger partial charge is 0.233 e. The highest BCUT2D eigenvalue weighted by Gasteiger charge is 2.23. The van der Waals surface area contributed by atoms with Crippen LogP contribution in [0.15, 0.2) is 36.4 Å². The number of carbonyl (C=O) groups excluding carboxylic acids is 1. The van der Waals surface area contributed by atoms with Crippen LogP contribution in [0, 0.1) is 5.82 Å². The van der Waals surface area contributed by atoms with Gasteiger partial charge in [0.1, 0.15) is 27.5 Å². The molecule has 0 radical (unpaired) electrons. The average Bonchev–Trinajstić information content (AvgIpc) is 3.22. The zero-order valence-electron chi connectivity index (χ0n) is 18.4. The van der Waals surface area contributed by atoms with Gasteiger partial charge in [0.2, 0.25) is 5.91 Å². The fourth-order valence-electron chi connectivity index (χ4n) is 3.37. The first-order valence-corrected chi connectivity index (χ1v) is 11.1. The van der Waals surface area contributed by atoms with Gasteiger partial charge in [-0.05, 0) is 42.9 Å². The predicted octanol–water partition coefficient (Wildman–Crippen LogP) is 4.37. The van der Waals surface area contributed by atoms with E-state index in [0.717, 1.165) is 29.9 Å². The molecule has 166 valence electrons. The second kappa shape index (κ2) is 10.5. The lowest BCUT2D eigenvalue weighted by molar-refractivity contribution is -0.118. The van der Waals surface area contributed by atoms with Crippen molar-refractivity contribution in [3.63, 3.8) is 0 Å². The first kappa shape index (κ1) is 23.0. The van der Waals surface area contributed by atoms with Crippen LogP contribution in [0.5, 0.6) is 11.5 Å². The number of aromatic nitrogens is 1. The number of anilines is 1. The summed E-state index contributed by atoms with van der Waals surface area (Å²) in [6.07, 6.45) is 0.169. The summed E-state index contributed by atoms with van der Waals surface area (Å²) < 4.78 is 25.0. The lowest BCUT2D eigenvalue weighted by Crippen LogP contribution is -2.39. The number of hydrogen-bond donors (Lipinski definition) is 0. The Hall–Kier alpha value is -2.71. The van der Waals surface area contributed by atoms with E-state index >= 15 is 0 Å². The molecular formula is C23H28FN3O3S. The van der Waals surface area contributed by atoms with Crippen molar-refractivity contribution in [3.8, 4) is 11.5 Å². The summed E-state index contributed by atoms with van der Waals surface area (Å²) in [7, 11) is 3.20. The molecule has 0 aliphatic rings. The summed E-state index contributed by atoms with van der Waals surface area (Å²) in [5, 5.41) is 0.595. The molecule has 0 bridgehead atoms. The van der Waals surface area contributed by atoms with E-state index in [1.807, 2.05) is 12.1 Å². The molecule has 0 aliphatic carbocycles. The Kier molecular flexibility index (Phi) is 7.81. The third-order valence-corrected chi connectivity index (χ3v) is 6.33. The molecule has 8 heteroatoms. The lowest BCUT2D eigenvalue weighted by atomic mass is 10.1. The van der Waals surface area contributed by atoms with Gasteiger partial charge in [-0.15, -0.1) is 0 Å². The number of carbonyl (C=O) groups is 1. The van der Waals surface area contributed by atoms with Gasteiger partial charge < -0.3 is 14.4 Å². The van der Waals surface area contributed by atoms with E-state index in [0.29, 0.717) is 28.7 Å². The fourth-order valence-corrected chi connectivity index (χ4v) is 4.49. The van der Waals surface area contributed by atoms with Gasteiger partial charge in [0.15, 0.2) is 5.13 Å². The molecule has 1 heterocycles. The highest BCUT2D eigenvalue weighted by molar-refractivity contribution is 7.22. The molecule has 1 amide bonds. The van der Waals surface area contributed by atoms with Crippen molar-refractivity contribution in [1.82, 2.24) is 9.88 Å². The Balaban J connectivity index is 1.96. The minimum absolute atomic E-state index is 0.0873. The molecule has 31 heavy (non-hydrogen) atoms. The van der Waals surface area contributed by atoms with Crippen molar-refractivity contribution >= 4 is 32.6 Å². The molecule has 3 rings (SSSR count). The van der Waals surface area contributed by atoms with Gasteiger partial charge in [0, 0.05) is 13.1 Å². The van der Waals surface area contributed by atoms with Crippen molar-refractivity contribution in [2.75, 3.05) is 45.3 Å². The van der Waals surface area contributed by atoms with E-state index in [2.05, 4.69) is 18.7 Å². The SMILES string of the molecule is CCN(CC)CCN(C(=O)Cc1ccc(F)cc1)c1nc2c(OC)ccc(OC)c2s1. The van der Waals surface area contributed by atoms with Crippen LogP contribution in [0.2, 0.25) is 0 Å². The Labute approximate surface area is 186 Å². The van der Waals surface area contributed by atoms with E-state index in [4.69, 9.17) is 14.5 Å². The third kappa shape index (κ3) is 5.32. The maximum atomic E-state index is 13.3. The van der Waals surface area contributed by atoms with Crippen LogP contribution in [-0.2, 0) is 11.2 Å². The molecule has 1 aromatic heterocycles. The monoisotopic (exact) mass is 445 g/mol. The van der Waals surface area contributed by atoms with Crippen molar-refractivity contribution in [3.05, 3.63) is 47.8 Å². The molecule has 6 nitrogen and oxygen atoms in total. The van der Waals surface area contributed by atoms with Gasteiger partial charge in [-0.25, -0.2) is 9.37 Å². The molecule has 0 N–H and O–H groups in total. The van der Waals surface area contributed by atoms with Crippen LogP contribution < -0.4 is 14.4 Å². The molecule has 0 spiro atoms. The van der Waals surface area contributed by atoms with Crippen molar-refractivity contribution in [2.45, 2.75) is 20.3 Å². The molecule has 2 aromatic carbocycles. The standard InChI is InChI=1S/C23H28FN3O3S/c1-5-26(6-2)13-14-27(20(28)15-16-7-9-17(24)10-8-16)23-25-21-18(29-3)11-12-19(30-4)22(21)31-23/h7-12H,5-6,13-15H2,1-4H3. The molecule has 0 aliphatic heterocycles. The molecule has 3 aromatic rings. The Morgan fingerprint density at radius 3 is 2.26 bits per heavy atom.